The van der Waals surface area contributed by atoms with Crippen LogP contribution in [-0.4, -0.2) is 45.0 Å². The minimum absolute atomic E-state index is 0.148. The van der Waals surface area contributed by atoms with Gasteiger partial charge in [-0.2, -0.15) is 15.1 Å². The molecule has 3 heterocycles. The molecule has 0 spiro atoms. The van der Waals surface area contributed by atoms with Crippen molar-refractivity contribution in [1.29, 1.82) is 0 Å². The number of benzene rings is 1. The quantitative estimate of drug-likeness (QED) is 0.767. The molecule has 0 saturated carbocycles. The van der Waals surface area contributed by atoms with E-state index >= 15 is 0 Å². The average molecular weight is 366 g/mol. The van der Waals surface area contributed by atoms with Crippen LogP contribution in [0.3, 0.4) is 0 Å². The molecule has 2 aromatic heterocycles. The highest BCUT2D eigenvalue weighted by Crippen LogP contribution is 2.28. The van der Waals surface area contributed by atoms with E-state index in [2.05, 4.69) is 61.2 Å². The van der Waals surface area contributed by atoms with E-state index < -0.39 is 0 Å². The SMILES string of the molecule is Cc1ccc(Nc2nc(N3C[C@@H](C)O[C@@H](C)C3)nc3c2cnn3C)c(C)c1. The molecule has 7 nitrogen and oxygen atoms in total. The van der Waals surface area contributed by atoms with E-state index in [-0.39, 0.29) is 12.2 Å². The number of ether oxygens (including phenoxy) is 1. The number of anilines is 3. The third kappa shape index (κ3) is 3.47. The molecule has 0 unspecified atom stereocenters. The number of hydrogen-bond acceptors (Lipinski definition) is 6. The largest absolute Gasteiger partial charge is 0.372 e. The van der Waals surface area contributed by atoms with Crippen molar-refractivity contribution in [2.45, 2.75) is 39.9 Å². The molecule has 1 fully saturated rings. The van der Waals surface area contributed by atoms with Gasteiger partial charge in [0.2, 0.25) is 5.95 Å². The summed E-state index contributed by atoms with van der Waals surface area (Å²) in [6, 6.07) is 6.35. The topological polar surface area (TPSA) is 68.1 Å². The summed E-state index contributed by atoms with van der Waals surface area (Å²) in [5.41, 5.74) is 4.28. The maximum Gasteiger partial charge on any atom is 0.229 e. The van der Waals surface area contributed by atoms with Gasteiger partial charge in [0.1, 0.15) is 5.82 Å². The third-order valence-corrected chi connectivity index (χ3v) is 4.92. The van der Waals surface area contributed by atoms with Crippen LogP contribution in [0, 0.1) is 13.8 Å². The van der Waals surface area contributed by atoms with Crippen LogP contribution in [-0.2, 0) is 11.8 Å². The Bertz CT molecular complexity index is 972. The summed E-state index contributed by atoms with van der Waals surface area (Å²) in [6.45, 7) is 9.91. The fourth-order valence-electron chi connectivity index (χ4n) is 3.67. The average Bonchev–Trinajstić information content (AvgIpc) is 2.98. The van der Waals surface area contributed by atoms with Gasteiger partial charge in [0.15, 0.2) is 5.65 Å². The number of fused-ring (bicyclic) bond motifs is 1. The molecule has 3 aromatic rings. The Morgan fingerprint density at radius 1 is 1.11 bits per heavy atom. The first-order valence-corrected chi connectivity index (χ1v) is 9.35. The van der Waals surface area contributed by atoms with Crippen LogP contribution in [0.25, 0.3) is 11.0 Å². The van der Waals surface area contributed by atoms with Crippen molar-refractivity contribution >= 4 is 28.5 Å². The number of nitrogens with zero attached hydrogens (tertiary/aromatic N) is 5. The van der Waals surface area contributed by atoms with E-state index in [9.17, 15) is 0 Å². The lowest BCUT2D eigenvalue weighted by molar-refractivity contribution is -0.00569. The number of rotatable bonds is 3. The second-order valence-electron chi connectivity index (χ2n) is 7.48. The summed E-state index contributed by atoms with van der Waals surface area (Å²) in [7, 11) is 1.91. The maximum atomic E-state index is 5.86. The summed E-state index contributed by atoms with van der Waals surface area (Å²) in [4.78, 5) is 11.8. The van der Waals surface area contributed by atoms with Crippen LogP contribution in [0.2, 0.25) is 0 Å². The lowest BCUT2D eigenvalue weighted by atomic mass is 10.1. The standard InChI is InChI=1S/C20H26N6O/c1-12-6-7-17(13(2)8-12)22-18-16-9-21-25(5)19(16)24-20(23-18)26-10-14(3)27-15(4)11-26/h6-9,14-15H,10-11H2,1-5H3,(H,22,23,24)/t14-,15+. The minimum Gasteiger partial charge on any atom is -0.372 e. The zero-order chi connectivity index (χ0) is 19.1. The van der Waals surface area contributed by atoms with Gasteiger partial charge in [0.25, 0.3) is 0 Å². The summed E-state index contributed by atoms with van der Waals surface area (Å²) < 4.78 is 7.65. The number of hydrogen-bond donors (Lipinski definition) is 1. The van der Waals surface area contributed by atoms with Gasteiger partial charge < -0.3 is 15.0 Å². The second-order valence-corrected chi connectivity index (χ2v) is 7.48. The van der Waals surface area contributed by atoms with E-state index in [4.69, 9.17) is 14.7 Å². The van der Waals surface area contributed by atoms with Crippen molar-refractivity contribution in [1.82, 2.24) is 19.7 Å². The Kier molecular flexibility index (Phi) is 4.47. The van der Waals surface area contributed by atoms with Crippen LogP contribution >= 0.6 is 0 Å². The van der Waals surface area contributed by atoms with Crippen LogP contribution in [0.5, 0.6) is 0 Å². The zero-order valence-corrected chi connectivity index (χ0v) is 16.5. The first-order valence-electron chi connectivity index (χ1n) is 9.35. The lowest BCUT2D eigenvalue weighted by Crippen LogP contribution is -2.46. The van der Waals surface area contributed by atoms with Crippen molar-refractivity contribution < 1.29 is 4.74 Å². The van der Waals surface area contributed by atoms with Crippen molar-refractivity contribution in [2.75, 3.05) is 23.3 Å². The monoisotopic (exact) mass is 366 g/mol. The van der Waals surface area contributed by atoms with Gasteiger partial charge >= 0.3 is 0 Å². The van der Waals surface area contributed by atoms with Crippen molar-refractivity contribution in [2.24, 2.45) is 7.05 Å². The molecule has 0 radical (unpaired) electrons. The van der Waals surface area contributed by atoms with Gasteiger partial charge in [-0.05, 0) is 39.3 Å². The fourth-order valence-corrected chi connectivity index (χ4v) is 3.67. The van der Waals surface area contributed by atoms with E-state index in [1.165, 1.54) is 11.1 Å². The Labute approximate surface area is 159 Å². The Morgan fingerprint density at radius 2 is 1.85 bits per heavy atom. The molecule has 1 aliphatic heterocycles. The predicted octanol–water partition coefficient (Wildman–Crippen LogP) is 3.34. The summed E-state index contributed by atoms with van der Waals surface area (Å²) in [6.07, 6.45) is 2.11. The van der Waals surface area contributed by atoms with Crippen LogP contribution in [0.15, 0.2) is 24.4 Å². The molecule has 0 aliphatic carbocycles. The maximum absolute atomic E-state index is 5.86. The third-order valence-electron chi connectivity index (χ3n) is 4.92. The normalized spacial score (nSPS) is 20.3. The second kappa shape index (κ2) is 6.81. The first kappa shape index (κ1) is 17.7. The smallest absolute Gasteiger partial charge is 0.229 e. The van der Waals surface area contributed by atoms with Gasteiger partial charge in [-0.15, -0.1) is 0 Å². The number of morpholine rings is 1. The molecule has 0 amide bonds. The lowest BCUT2D eigenvalue weighted by Gasteiger charge is -2.35. The minimum atomic E-state index is 0.148. The van der Waals surface area contributed by atoms with Crippen molar-refractivity contribution in [3.05, 3.63) is 35.5 Å². The Morgan fingerprint density at radius 3 is 2.56 bits per heavy atom. The molecule has 1 aliphatic rings. The number of nitrogens with one attached hydrogen (secondary N) is 1. The molecule has 1 N–H and O–H groups in total. The molecule has 0 bridgehead atoms. The Balaban J connectivity index is 1.77. The molecular weight excluding hydrogens is 340 g/mol. The number of aromatic nitrogens is 4. The fraction of sp³-hybridized carbons (Fsp3) is 0.450. The van der Waals surface area contributed by atoms with Gasteiger partial charge in [0, 0.05) is 25.8 Å². The van der Waals surface area contributed by atoms with Gasteiger partial charge in [-0.3, -0.25) is 4.68 Å². The molecule has 27 heavy (non-hydrogen) atoms. The molecule has 7 heteroatoms. The molecule has 2 atom stereocenters. The molecular formula is C20H26N6O. The van der Waals surface area contributed by atoms with Crippen molar-refractivity contribution in [3.8, 4) is 0 Å². The first-order chi connectivity index (χ1) is 12.9. The van der Waals surface area contributed by atoms with Gasteiger partial charge in [0.05, 0.1) is 23.8 Å². The summed E-state index contributed by atoms with van der Waals surface area (Å²) in [5, 5.41) is 8.79. The number of aryl methyl sites for hydroxylation is 3. The molecule has 1 aromatic carbocycles. The molecule has 4 rings (SSSR count). The highest BCUT2D eigenvalue weighted by atomic mass is 16.5. The van der Waals surface area contributed by atoms with Crippen LogP contribution in [0.4, 0.5) is 17.5 Å². The Hall–Kier alpha value is -2.67. The molecule has 142 valence electrons. The van der Waals surface area contributed by atoms with Crippen LogP contribution < -0.4 is 10.2 Å². The van der Waals surface area contributed by atoms with Crippen LogP contribution in [0.1, 0.15) is 25.0 Å². The van der Waals surface area contributed by atoms with E-state index in [0.29, 0.717) is 5.95 Å². The van der Waals surface area contributed by atoms with E-state index in [1.807, 2.05) is 13.2 Å². The van der Waals surface area contributed by atoms with E-state index in [1.54, 1.807) is 4.68 Å². The zero-order valence-electron chi connectivity index (χ0n) is 16.5. The van der Waals surface area contributed by atoms with Gasteiger partial charge in [-0.1, -0.05) is 17.7 Å². The highest BCUT2D eigenvalue weighted by molar-refractivity contribution is 5.89. The van der Waals surface area contributed by atoms with Gasteiger partial charge in [-0.25, -0.2) is 0 Å². The molecule has 1 saturated heterocycles. The summed E-state index contributed by atoms with van der Waals surface area (Å²) in [5.74, 6) is 1.49. The van der Waals surface area contributed by atoms with Crippen molar-refractivity contribution in [3.63, 3.8) is 0 Å². The predicted molar refractivity (Wildman–Crippen MR) is 108 cm³/mol. The summed E-state index contributed by atoms with van der Waals surface area (Å²) >= 11 is 0. The highest BCUT2D eigenvalue weighted by Gasteiger charge is 2.25. The van der Waals surface area contributed by atoms with E-state index in [0.717, 1.165) is 35.6 Å².